The van der Waals surface area contributed by atoms with Gasteiger partial charge in [0.1, 0.15) is 24.7 Å². The van der Waals surface area contributed by atoms with Crippen molar-refractivity contribution in [2.45, 2.75) is 13.8 Å². The van der Waals surface area contributed by atoms with Crippen molar-refractivity contribution in [3.63, 3.8) is 0 Å². The van der Waals surface area contributed by atoms with Crippen LogP contribution in [0, 0.1) is 13.8 Å². The molecule has 4 nitrogen and oxygen atoms in total. The number of rotatable bonds is 6. The van der Waals surface area contributed by atoms with Gasteiger partial charge in [-0.2, -0.15) is 0 Å². The Bertz CT molecular complexity index is 1070. The number of fused-ring (bicyclic) bond motifs is 1. The van der Waals surface area contributed by atoms with E-state index in [0.717, 1.165) is 39.1 Å². The Balaban J connectivity index is 1.42. The molecule has 4 heteroatoms. The van der Waals surface area contributed by atoms with Crippen LogP contribution in [0.15, 0.2) is 60.7 Å². The van der Waals surface area contributed by atoms with Gasteiger partial charge in [0, 0.05) is 5.56 Å². The fourth-order valence-electron chi connectivity index (χ4n) is 3.71. The number of hydrogen-bond donors (Lipinski definition) is 1. The van der Waals surface area contributed by atoms with Crippen molar-refractivity contribution in [1.82, 2.24) is 0 Å². The summed E-state index contributed by atoms with van der Waals surface area (Å²) in [5.41, 5.74) is 6.74. The van der Waals surface area contributed by atoms with Crippen LogP contribution in [0.4, 0.5) is 0 Å². The van der Waals surface area contributed by atoms with Crippen LogP contribution in [-0.2, 0) is 4.74 Å². The van der Waals surface area contributed by atoms with Crippen LogP contribution < -0.4 is 4.74 Å². The van der Waals surface area contributed by atoms with Gasteiger partial charge in [-0.15, -0.1) is 0 Å². The van der Waals surface area contributed by atoms with E-state index in [9.17, 15) is 9.90 Å². The molecule has 3 aromatic rings. The molecule has 0 unspecified atom stereocenters. The first-order chi connectivity index (χ1) is 14.0. The largest absolute Gasteiger partial charge is 0.507 e. The topological polar surface area (TPSA) is 55.8 Å². The van der Waals surface area contributed by atoms with Crippen LogP contribution in [-0.4, -0.2) is 24.3 Å². The zero-order valence-corrected chi connectivity index (χ0v) is 16.4. The third kappa shape index (κ3) is 3.74. The molecule has 0 radical (unpaired) electrons. The molecular formula is C25H22O4. The van der Waals surface area contributed by atoms with Crippen molar-refractivity contribution in [1.29, 1.82) is 0 Å². The number of ether oxygens (including phenoxy) is 2. The van der Waals surface area contributed by atoms with E-state index in [-0.39, 0.29) is 19.2 Å². The number of carbonyl (C=O) groups is 1. The lowest BCUT2D eigenvalue weighted by atomic mass is 9.84. The van der Waals surface area contributed by atoms with Gasteiger partial charge in [0.15, 0.2) is 0 Å². The molecule has 0 amide bonds. The summed E-state index contributed by atoms with van der Waals surface area (Å²) in [5.74, 6) is 0.704. The quantitative estimate of drug-likeness (QED) is 0.444. The van der Waals surface area contributed by atoms with E-state index in [1.165, 1.54) is 0 Å². The highest BCUT2D eigenvalue weighted by Gasteiger charge is 2.22. The van der Waals surface area contributed by atoms with E-state index in [4.69, 9.17) is 9.47 Å². The van der Waals surface area contributed by atoms with Gasteiger partial charge in [-0.05, 0) is 72.0 Å². The molecule has 0 atom stereocenters. The smallest absolute Gasteiger partial charge is 0.338 e. The Morgan fingerprint density at radius 1 is 0.897 bits per heavy atom. The predicted molar refractivity (Wildman–Crippen MR) is 114 cm³/mol. The maximum atomic E-state index is 12.0. The minimum Gasteiger partial charge on any atom is -0.507 e. The molecule has 1 aliphatic carbocycles. The van der Waals surface area contributed by atoms with Gasteiger partial charge < -0.3 is 14.6 Å². The number of esters is 1. The number of hydrogen-bond acceptors (Lipinski definition) is 4. The Morgan fingerprint density at radius 3 is 2.31 bits per heavy atom. The number of aliphatic hydroxyl groups excluding tert-OH is 1. The molecule has 1 aliphatic rings. The lowest BCUT2D eigenvalue weighted by Crippen LogP contribution is -2.12. The summed E-state index contributed by atoms with van der Waals surface area (Å²) in [6.45, 7) is 4.52. The highest BCUT2D eigenvalue weighted by atomic mass is 16.6. The summed E-state index contributed by atoms with van der Waals surface area (Å²) in [6, 6.07) is 18.9. The summed E-state index contributed by atoms with van der Waals surface area (Å²) in [7, 11) is 0. The molecule has 0 aliphatic heterocycles. The first-order valence-electron chi connectivity index (χ1n) is 9.55. The highest BCUT2D eigenvalue weighted by molar-refractivity contribution is 5.99. The van der Waals surface area contributed by atoms with E-state index in [1.54, 1.807) is 30.3 Å². The first kappa shape index (κ1) is 18.8. The van der Waals surface area contributed by atoms with Crippen LogP contribution in [0.2, 0.25) is 0 Å². The average Bonchev–Trinajstić information content (AvgIpc) is 2.70. The van der Waals surface area contributed by atoms with Crippen molar-refractivity contribution >= 4 is 17.8 Å². The van der Waals surface area contributed by atoms with Crippen molar-refractivity contribution in [2.75, 3.05) is 13.2 Å². The molecule has 0 heterocycles. The van der Waals surface area contributed by atoms with Gasteiger partial charge in [0.25, 0.3) is 0 Å². The van der Waals surface area contributed by atoms with Crippen molar-refractivity contribution in [3.05, 3.63) is 88.5 Å². The van der Waals surface area contributed by atoms with Crippen LogP contribution in [0.5, 0.6) is 5.75 Å². The van der Waals surface area contributed by atoms with Crippen LogP contribution >= 0.6 is 0 Å². The molecule has 146 valence electrons. The third-order valence-corrected chi connectivity index (χ3v) is 5.02. The normalized spacial score (nSPS) is 11.9. The molecule has 0 bridgehead atoms. The lowest BCUT2D eigenvalue weighted by Gasteiger charge is -2.22. The highest BCUT2D eigenvalue weighted by Crippen LogP contribution is 2.41. The molecule has 0 fully saturated rings. The molecule has 4 rings (SSSR count). The zero-order chi connectivity index (χ0) is 20.4. The minimum absolute atomic E-state index is 0.179. The van der Waals surface area contributed by atoms with Crippen molar-refractivity contribution in [3.8, 4) is 16.9 Å². The van der Waals surface area contributed by atoms with Gasteiger partial charge in [0.2, 0.25) is 0 Å². The fraction of sp³-hybridized carbons (Fsp3) is 0.160. The fourth-order valence-corrected chi connectivity index (χ4v) is 3.71. The number of benzene rings is 3. The average molecular weight is 386 g/mol. The number of aliphatic hydroxyl groups is 1. The number of aryl methyl sites for hydroxylation is 2. The molecular weight excluding hydrogens is 364 g/mol. The van der Waals surface area contributed by atoms with Gasteiger partial charge in [-0.3, -0.25) is 0 Å². The Kier molecular flexibility index (Phi) is 5.09. The molecule has 3 aromatic carbocycles. The molecule has 0 saturated carbocycles. The van der Waals surface area contributed by atoms with E-state index in [2.05, 4.69) is 0 Å². The van der Waals surface area contributed by atoms with E-state index >= 15 is 0 Å². The summed E-state index contributed by atoms with van der Waals surface area (Å²) < 4.78 is 11.0. The van der Waals surface area contributed by atoms with E-state index in [0.29, 0.717) is 11.3 Å². The predicted octanol–water partition coefficient (Wildman–Crippen LogP) is 5.58. The van der Waals surface area contributed by atoms with Crippen LogP contribution in [0.3, 0.4) is 0 Å². The van der Waals surface area contributed by atoms with Gasteiger partial charge in [-0.25, -0.2) is 4.79 Å². The first-order valence-corrected chi connectivity index (χ1v) is 9.55. The maximum absolute atomic E-state index is 12.0. The second kappa shape index (κ2) is 7.84. The Labute approximate surface area is 170 Å². The van der Waals surface area contributed by atoms with Crippen molar-refractivity contribution < 1.29 is 19.4 Å². The summed E-state index contributed by atoms with van der Waals surface area (Å²) in [5, 5.41) is 10.0. The SMILES string of the molecule is Cc1cc(OCCOC(=O)c2ccccc2)cc(C)c1-c1cccc2c1C(O)=C2. The van der Waals surface area contributed by atoms with Crippen LogP contribution in [0.25, 0.3) is 23.0 Å². The third-order valence-electron chi connectivity index (χ3n) is 5.02. The monoisotopic (exact) mass is 386 g/mol. The minimum atomic E-state index is -0.355. The zero-order valence-electron chi connectivity index (χ0n) is 16.4. The summed E-state index contributed by atoms with van der Waals surface area (Å²) >= 11 is 0. The molecule has 0 spiro atoms. The maximum Gasteiger partial charge on any atom is 0.338 e. The molecule has 0 aromatic heterocycles. The van der Waals surface area contributed by atoms with E-state index < -0.39 is 0 Å². The Hall–Kier alpha value is -3.53. The van der Waals surface area contributed by atoms with Gasteiger partial charge in [-0.1, -0.05) is 36.4 Å². The second-order valence-corrected chi connectivity index (χ2v) is 7.08. The van der Waals surface area contributed by atoms with E-state index in [1.807, 2.05) is 50.2 Å². The molecule has 29 heavy (non-hydrogen) atoms. The lowest BCUT2D eigenvalue weighted by molar-refractivity contribution is 0.0450. The number of carbonyl (C=O) groups excluding carboxylic acids is 1. The summed E-state index contributed by atoms with van der Waals surface area (Å²) in [4.78, 5) is 12.0. The Morgan fingerprint density at radius 2 is 1.62 bits per heavy atom. The van der Waals surface area contributed by atoms with Crippen LogP contribution in [0.1, 0.15) is 32.6 Å². The summed E-state index contributed by atoms with van der Waals surface area (Å²) in [6.07, 6.45) is 1.78. The molecule has 1 N–H and O–H groups in total. The molecule has 0 saturated heterocycles. The second-order valence-electron chi connectivity index (χ2n) is 7.08. The van der Waals surface area contributed by atoms with Crippen molar-refractivity contribution in [2.24, 2.45) is 0 Å². The van der Waals surface area contributed by atoms with Gasteiger partial charge >= 0.3 is 5.97 Å². The van der Waals surface area contributed by atoms with Gasteiger partial charge in [0.05, 0.1) is 5.56 Å². The standard InChI is InChI=1S/C25H22O4/c1-16-13-20(28-11-12-29-25(27)18-7-4-3-5-8-18)14-17(2)23(16)21-10-6-9-19-15-22(26)24(19)21/h3-10,13-15,26H,11-12H2,1-2H3.